The summed E-state index contributed by atoms with van der Waals surface area (Å²) in [5.41, 5.74) is 5.97. The number of para-hydroxylation sites is 1. The molecule has 4 heteroatoms. The van der Waals surface area contributed by atoms with Crippen molar-refractivity contribution in [2.75, 3.05) is 12.4 Å². The van der Waals surface area contributed by atoms with Gasteiger partial charge in [-0.3, -0.25) is 0 Å². The van der Waals surface area contributed by atoms with Gasteiger partial charge in [-0.05, 0) is 37.1 Å². The van der Waals surface area contributed by atoms with E-state index in [1.807, 2.05) is 31.4 Å². The Kier molecular flexibility index (Phi) is 4.56. The first-order valence-electron chi connectivity index (χ1n) is 8.05. The number of rotatable bonds is 5. The van der Waals surface area contributed by atoms with E-state index in [0.29, 0.717) is 6.54 Å². The molecule has 0 saturated carbocycles. The Morgan fingerprint density at radius 3 is 2.62 bits per heavy atom. The number of anilines is 1. The largest absolute Gasteiger partial charge is 0.496 e. The summed E-state index contributed by atoms with van der Waals surface area (Å²) in [7, 11) is 3.72. The minimum Gasteiger partial charge on any atom is -0.496 e. The van der Waals surface area contributed by atoms with Gasteiger partial charge in [-0.1, -0.05) is 30.3 Å². The molecule has 1 N–H and O–H groups in total. The Balaban J connectivity index is 1.81. The van der Waals surface area contributed by atoms with Crippen molar-refractivity contribution in [2.45, 2.75) is 20.4 Å². The van der Waals surface area contributed by atoms with Crippen LogP contribution in [0.3, 0.4) is 0 Å². The molecule has 0 unspecified atom stereocenters. The van der Waals surface area contributed by atoms with Crippen molar-refractivity contribution in [3.05, 3.63) is 65.4 Å². The summed E-state index contributed by atoms with van der Waals surface area (Å²) in [5.74, 6) is 1.72. The molecule has 3 aromatic rings. The Morgan fingerprint density at radius 2 is 1.88 bits per heavy atom. The lowest BCUT2D eigenvalue weighted by atomic mass is 10.0. The van der Waals surface area contributed by atoms with Crippen LogP contribution < -0.4 is 10.1 Å². The van der Waals surface area contributed by atoms with E-state index < -0.39 is 0 Å². The first-order valence-corrected chi connectivity index (χ1v) is 8.05. The summed E-state index contributed by atoms with van der Waals surface area (Å²) >= 11 is 0. The summed E-state index contributed by atoms with van der Waals surface area (Å²) in [6.07, 6.45) is 1.91. The quantitative estimate of drug-likeness (QED) is 0.760. The second-order valence-electron chi connectivity index (χ2n) is 5.99. The molecule has 3 rings (SSSR count). The number of benzene rings is 2. The van der Waals surface area contributed by atoms with Gasteiger partial charge in [0.15, 0.2) is 0 Å². The van der Waals surface area contributed by atoms with Crippen LogP contribution in [0, 0.1) is 13.8 Å². The van der Waals surface area contributed by atoms with Crippen molar-refractivity contribution in [2.24, 2.45) is 7.05 Å². The van der Waals surface area contributed by atoms with E-state index in [1.165, 1.54) is 16.7 Å². The first kappa shape index (κ1) is 16.1. The van der Waals surface area contributed by atoms with E-state index in [-0.39, 0.29) is 0 Å². The topological polar surface area (TPSA) is 39.1 Å². The van der Waals surface area contributed by atoms with Gasteiger partial charge in [-0.25, -0.2) is 4.98 Å². The molecule has 4 nitrogen and oxygen atoms in total. The summed E-state index contributed by atoms with van der Waals surface area (Å²) in [5, 5.41) is 3.39. The zero-order chi connectivity index (χ0) is 17.1. The number of aryl methyl sites for hydroxylation is 2. The molecule has 1 heterocycles. The highest BCUT2D eigenvalue weighted by Crippen LogP contribution is 2.25. The number of hydrogen-bond donors (Lipinski definition) is 1. The van der Waals surface area contributed by atoms with E-state index in [2.05, 4.69) is 53.0 Å². The average molecular weight is 321 g/mol. The summed E-state index contributed by atoms with van der Waals surface area (Å²) in [6, 6.07) is 14.5. The fourth-order valence-electron chi connectivity index (χ4n) is 2.77. The van der Waals surface area contributed by atoms with E-state index in [4.69, 9.17) is 4.74 Å². The van der Waals surface area contributed by atoms with Crippen LogP contribution in [0.1, 0.15) is 16.7 Å². The number of hydrogen-bond acceptors (Lipinski definition) is 3. The number of imidazole rings is 1. The third-order valence-corrected chi connectivity index (χ3v) is 4.42. The minimum absolute atomic E-state index is 0.668. The van der Waals surface area contributed by atoms with Gasteiger partial charge in [-0.2, -0.15) is 0 Å². The van der Waals surface area contributed by atoms with E-state index in [9.17, 15) is 0 Å². The molecule has 0 atom stereocenters. The lowest BCUT2D eigenvalue weighted by Crippen LogP contribution is -2.06. The summed E-state index contributed by atoms with van der Waals surface area (Å²) < 4.78 is 7.48. The molecule has 0 spiro atoms. The van der Waals surface area contributed by atoms with Gasteiger partial charge < -0.3 is 14.6 Å². The van der Waals surface area contributed by atoms with Crippen LogP contribution in [0.25, 0.3) is 11.3 Å². The van der Waals surface area contributed by atoms with Crippen LogP contribution >= 0.6 is 0 Å². The Morgan fingerprint density at radius 1 is 1.08 bits per heavy atom. The predicted octanol–water partition coefficient (Wildman–Crippen LogP) is 4.32. The second-order valence-corrected chi connectivity index (χ2v) is 5.99. The van der Waals surface area contributed by atoms with Crippen LogP contribution in [0.5, 0.6) is 5.75 Å². The third kappa shape index (κ3) is 3.13. The van der Waals surface area contributed by atoms with E-state index in [1.54, 1.807) is 7.11 Å². The molecule has 0 aliphatic rings. The molecule has 0 aliphatic carbocycles. The monoisotopic (exact) mass is 321 g/mol. The van der Waals surface area contributed by atoms with Crippen LogP contribution in [0.2, 0.25) is 0 Å². The van der Waals surface area contributed by atoms with Crippen molar-refractivity contribution < 1.29 is 4.74 Å². The zero-order valence-corrected chi connectivity index (χ0v) is 14.6. The van der Waals surface area contributed by atoms with Crippen molar-refractivity contribution in [3.63, 3.8) is 0 Å². The number of aromatic nitrogens is 2. The molecule has 2 aromatic carbocycles. The first-order chi connectivity index (χ1) is 11.6. The van der Waals surface area contributed by atoms with Crippen LogP contribution in [0.15, 0.2) is 48.7 Å². The van der Waals surface area contributed by atoms with Crippen LogP contribution in [-0.2, 0) is 13.6 Å². The van der Waals surface area contributed by atoms with Gasteiger partial charge in [0.2, 0.25) is 5.95 Å². The summed E-state index contributed by atoms with van der Waals surface area (Å²) in [4.78, 5) is 4.53. The number of nitrogens with zero attached hydrogens (tertiary/aromatic N) is 2. The highest BCUT2D eigenvalue weighted by molar-refractivity contribution is 5.63. The Labute approximate surface area is 143 Å². The highest BCUT2D eigenvalue weighted by atomic mass is 16.5. The van der Waals surface area contributed by atoms with Crippen molar-refractivity contribution in [1.29, 1.82) is 0 Å². The molecule has 0 amide bonds. The third-order valence-electron chi connectivity index (χ3n) is 4.42. The average Bonchev–Trinajstić information content (AvgIpc) is 2.96. The van der Waals surface area contributed by atoms with E-state index >= 15 is 0 Å². The van der Waals surface area contributed by atoms with Crippen molar-refractivity contribution in [1.82, 2.24) is 9.55 Å². The minimum atomic E-state index is 0.668. The fourth-order valence-corrected chi connectivity index (χ4v) is 2.77. The van der Waals surface area contributed by atoms with Gasteiger partial charge in [0, 0.05) is 24.7 Å². The molecular weight excluding hydrogens is 298 g/mol. The van der Waals surface area contributed by atoms with Gasteiger partial charge in [0.1, 0.15) is 5.75 Å². The zero-order valence-electron chi connectivity index (χ0n) is 14.6. The molecule has 24 heavy (non-hydrogen) atoms. The number of nitrogens with one attached hydrogen (secondary N) is 1. The second kappa shape index (κ2) is 6.79. The Bertz CT molecular complexity index is 852. The lowest BCUT2D eigenvalue weighted by molar-refractivity contribution is 0.410. The number of ether oxygens (including phenoxy) is 1. The lowest BCUT2D eigenvalue weighted by Gasteiger charge is -2.11. The molecule has 0 saturated heterocycles. The maximum absolute atomic E-state index is 5.40. The molecule has 1 aromatic heterocycles. The smallest absolute Gasteiger partial charge is 0.203 e. The van der Waals surface area contributed by atoms with Crippen LogP contribution in [-0.4, -0.2) is 16.7 Å². The molecular formula is C20H23N3O. The van der Waals surface area contributed by atoms with Gasteiger partial charge in [0.25, 0.3) is 0 Å². The maximum Gasteiger partial charge on any atom is 0.203 e. The molecule has 0 radical (unpaired) electrons. The number of methoxy groups -OCH3 is 1. The van der Waals surface area contributed by atoms with Gasteiger partial charge >= 0.3 is 0 Å². The highest BCUT2D eigenvalue weighted by Gasteiger charge is 2.10. The van der Waals surface area contributed by atoms with Gasteiger partial charge in [-0.15, -0.1) is 0 Å². The maximum atomic E-state index is 5.40. The Hall–Kier alpha value is -2.75. The fraction of sp³-hybridized carbons (Fsp3) is 0.250. The molecule has 124 valence electrons. The van der Waals surface area contributed by atoms with Crippen molar-refractivity contribution >= 4 is 5.95 Å². The van der Waals surface area contributed by atoms with Gasteiger partial charge in [0.05, 0.1) is 19.0 Å². The standard InChI is InChI=1S/C20H23N3O/c1-14-9-10-16(11-15(14)2)18-13-22-20(23(18)3)21-12-17-7-5-6-8-19(17)24-4/h5-11,13H,12H2,1-4H3,(H,21,22). The summed E-state index contributed by atoms with van der Waals surface area (Å²) in [6.45, 7) is 4.93. The SMILES string of the molecule is COc1ccccc1CNc1ncc(-c2ccc(C)c(C)c2)n1C. The molecule has 0 aliphatic heterocycles. The van der Waals surface area contributed by atoms with Crippen LogP contribution in [0.4, 0.5) is 5.95 Å². The normalized spacial score (nSPS) is 10.7. The molecule has 0 fully saturated rings. The van der Waals surface area contributed by atoms with Crippen molar-refractivity contribution in [3.8, 4) is 17.0 Å². The predicted molar refractivity (Wildman–Crippen MR) is 98.4 cm³/mol. The molecule has 0 bridgehead atoms. The van der Waals surface area contributed by atoms with E-state index in [0.717, 1.165) is 23.0 Å².